The van der Waals surface area contributed by atoms with Gasteiger partial charge in [-0.05, 0) is 73.8 Å². The molecule has 0 bridgehead atoms. The van der Waals surface area contributed by atoms with Gasteiger partial charge >= 0.3 is 0 Å². The molecule has 3 heteroatoms. The van der Waals surface area contributed by atoms with Crippen molar-refractivity contribution < 1.29 is 9.47 Å². The van der Waals surface area contributed by atoms with E-state index in [0.717, 1.165) is 31.1 Å². The molecule has 1 aliphatic heterocycles. The third-order valence-electron chi connectivity index (χ3n) is 5.22. The topological polar surface area (TPSA) is 21.7 Å². The van der Waals surface area contributed by atoms with Crippen molar-refractivity contribution in [1.82, 2.24) is 4.90 Å². The zero-order valence-electron chi connectivity index (χ0n) is 17.2. The summed E-state index contributed by atoms with van der Waals surface area (Å²) in [6, 6.07) is 14.9. The van der Waals surface area contributed by atoms with Crippen molar-refractivity contribution in [2.45, 2.75) is 32.6 Å². The first kappa shape index (κ1) is 19.5. The Bertz CT molecular complexity index is 804. The summed E-state index contributed by atoms with van der Waals surface area (Å²) in [6.07, 6.45) is 3.28. The smallest absolute Gasteiger partial charge is 0.123 e. The second-order valence-electron chi connectivity index (χ2n) is 8.24. The van der Waals surface area contributed by atoms with Gasteiger partial charge in [-0.3, -0.25) is 0 Å². The first-order valence-corrected chi connectivity index (χ1v) is 9.69. The van der Waals surface area contributed by atoms with E-state index in [1.165, 1.54) is 22.3 Å². The molecule has 0 saturated carbocycles. The van der Waals surface area contributed by atoms with E-state index in [0.29, 0.717) is 6.61 Å². The van der Waals surface area contributed by atoms with Crippen LogP contribution in [0.1, 0.15) is 43.9 Å². The highest BCUT2D eigenvalue weighted by atomic mass is 16.5. The molecule has 0 spiro atoms. The molecule has 0 aromatic heterocycles. The molecule has 1 aliphatic rings. The van der Waals surface area contributed by atoms with E-state index >= 15 is 0 Å². The molecule has 3 rings (SSSR count). The minimum Gasteiger partial charge on any atom is -0.493 e. The SMILES string of the molecule is C/C(=C\c1ccc(OCCN(C)C)cc1)c1ccc2c(c1)C(C)(C)CCO2. The quantitative estimate of drug-likeness (QED) is 0.653. The number of benzene rings is 2. The zero-order valence-corrected chi connectivity index (χ0v) is 17.2. The Balaban J connectivity index is 1.74. The van der Waals surface area contributed by atoms with Crippen molar-refractivity contribution in [3.05, 3.63) is 59.2 Å². The van der Waals surface area contributed by atoms with Crippen LogP contribution in [0.5, 0.6) is 11.5 Å². The fourth-order valence-electron chi connectivity index (χ4n) is 3.32. The van der Waals surface area contributed by atoms with Crippen LogP contribution in [0.4, 0.5) is 0 Å². The van der Waals surface area contributed by atoms with E-state index in [2.05, 4.69) is 62.1 Å². The van der Waals surface area contributed by atoms with Crippen LogP contribution < -0.4 is 9.47 Å². The summed E-state index contributed by atoms with van der Waals surface area (Å²) < 4.78 is 11.6. The van der Waals surface area contributed by atoms with Crippen LogP contribution in [-0.2, 0) is 5.41 Å². The van der Waals surface area contributed by atoms with Crippen LogP contribution in [0.25, 0.3) is 11.6 Å². The van der Waals surface area contributed by atoms with Gasteiger partial charge in [-0.1, -0.05) is 38.1 Å². The number of allylic oxidation sites excluding steroid dienone is 1. The van der Waals surface area contributed by atoms with E-state index in [4.69, 9.17) is 9.47 Å². The van der Waals surface area contributed by atoms with Crippen molar-refractivity contribution >= 4 is 11.6 Å². The number of rotatable bonds is 6. The van der Waals surface area contributed by atoms with Crippen molar-refractivity contribution in [2.75, 3.05) is 33.9 Å². The summed E-state index contributed by atoms with van der Waals surface area (Å²) in [7, 11) is 4.10. The van der Waals surface area contributed by atoms with Gasteiger partial charge in [-0.2, -0.15) is 0 Å². The van der Waals surface area contributed by atoms with Crippen molar-refractivity contribution in [2.24, 2.45) is 0 Å². The van der Waals surface area contributed by atoms with Crippen LogP contribution in [0.2, 0.25) is 0 Å². The van der Waals surface area contributed by atoms with Gasteiger partial charge in [0.25, 0.3) is 0 Å². The van der Waals surface area contributed by atoms with Gasteiger partial charge in [0.1, 0.15) is 18.1 Å². The molecule has 2 aromatic rings. The molecule has 0 aliphatic carbocycles. The second-order valence-corrected chi connectivity index (χ2v) is 8.24. The molecule has 0 unspecified atom stereocenters. The Morgan fingerprint density at radius 1 is 1.15 bits per heavy atom. The summed E-state index contributed by atoms with van der Waals surface area (Å²) >= 11 is 0. The lowest BCUT2D eigenvalue weighted by Gasteiger charge is -2.32. The maximum Gasteiger partial charge on any atom is 0.123 e. The number of hydrogen-bond acceptors (Lipinski definition) is 3. The minimum atomic E-state index is 0.162. The molecule has 0 amide bonds. The molecule has 3 nitrogen and oxygen atoms in total. The number of hydrogen-bond donors (Lipinski definition) is 0. The lowest BCUT2D eigenvalue weighted by Crippen LogP contribution is -2.26. The van der Waals surface area contributed by atoms with Crippen LogP contribution in [0.3, 0.4) is 0 Å². The Labute approximate surface area is 163 Å². The molecular formula is C24H31NO2. The van der Waals surface area contributed by atoms with Gasteiger partial charge in [0, 0.05) is 12.1 Å². The average Bonchev–Trinajstić information content (AvgIpc) is 2.62. The fraction of sp³-hybridized carbons (Fsp3) is 0.417. The normalized spacial score (nSPS) is 16.0. The molecule has 144 valence electrons. The summed E-state index contributed by atoms with van der Waals surface area (Å²) in [6.45, 7) is 9.18. The number of likely N-dealkylation sites (N-methyl/N-ethyl adjacent to an activating group) is 1. The molecule has 0 N–H and O–H groups in total. The Hall–Kier alpha value is -2.26. The molecule has 0 atom stereocenters. The first-order chi connectivity index (χ1) is 12.8. The van der Waals surface area contributed by atoms with Gasteiger partial charge in [0.15, 0.2) is 0 Å². The van der Waals surface area contributed by atoms with Gasteiger partial charge < -0.3 is 14.4 Å². The Morgan fingerprint density at radius 2 is 1.89 bits per heavy atom. The molecule has 0 radical (unpaired) electrons. The van der Waals surface area contributed by atoms with E-state index in [1.54, 1.807) is 0 Å². The van der Waals surface area contributed by atoms with Gasteiger partial charge in [-0.25, -0.2) is 0 Å². The number of nitrogens with zero attached hydrogens (tertiary/aromatic N) is 1. The van der Waals surface area contributed by atoms with Gasteiger partial charge in [-0.15, -0.1) is 0 Å². The highest BCUT2D eigenvalue weighted by molar-refractivity contribution is 5.81. The lowest BCUT2D eigenvalue weighted by atomic mass is 9.79. The number of ether oxygens (including phenoxy) is 2. The molecule has 1 heterocycles. The van der Waals surface area contributed by atoms with E-state index in [1.807, 2.05) is 26.2 Å². The molecule has 27 heavy (non-hydrogen) atoms. The van der Waals surface area contributed by atoms with E-state index in [-0.39, 0.29) is 5.41 Å². The van der Waals surface area contributed by atoms with Crippen LogP contribution in [-0.4, -0.2) is 38.8 Å². The van der Waals surface area contributed by atoms with E-state index in [9.17, 15) is 0 Å². The lowest BCUT2D eigenvalue weighted by molar-refractivity contribution is 0.234. The van der Waals surface area contributed by atoms with Crippen molar-refractivity contribution in [1.29, 1.82) is 0 Å². The summed E-state index contributed by atoms with van der Waals surface area (Å²) in [5.74, 6) is 1.95. The van der Waals surface area contributed by atoms with Gasteiger partial charge in [0.05, 0.1) is 6.61 Å². The standard InChI is InChI=1S/C24H31NO2/c1-18(16-19-6-9-21(10-7-19)26-15-13-25(4)5)20-8-11-23-22(17-20)24(2,3)12-14-27-23/h6-11,16-17H,12-15H2,1-5H3/b18-16+. The maximum absolute atomic E-state index is 5.84. The third-order valence-corrected chi connectivity index (χ3v) is 5.22. The van der Waals surface area contributed by atoms with Gasteiger partial charge in [0.2, 0.25) is 0 Å². The number of fused-ring (bicyclic) bond motifs is 1. The highest BCUT2D eigenvalue weighted by Crippen LogP contribution is 2.39. The summed E-state index contributed by atoms with van der Waals surface area (Å²) in [5, 5.41) is 0. The molecular weight excluding hydrogens is 334 g/mol. The van der Waals surface area contributed by atoms with Crippen LogP contribution in [0.15, 0.2) is 42.5 Å². The minimum absolute atomic E-state index is 0.162. The largest absolute Gasteiger partial charge is 0.493 e. The van der Waals surface area contributed by atoms with Crippen LogP contribution in [0, 0.1) is 0 Å². The van der Waals surface area contributed by atoms with Crippen LogP contribution >= 0.6 is 0 Å². The monoisotopic (exact) mass is 365 g/mol. The van der Waals surface area contributed by atoms with E-state index < -0.39 is 0 Å². The zero-order chi connectivity index (χ0) is 19.4. The summed E-state index contributed by atoms with van der Waals surface area (Å²) in [4.78, 5) is 2.12. The van der Waals surface area contributed by atoms with Crippen molar-refractivity contribution in [3.8, 4) is 11.5 Å². The second kappa shape index (κ2) is 8.18. The highest BCUT2D eigenvalue weighted by Gasteiger charge is 2.28. The third kappa shape index (κ3) is 4.92. The van der Waals surface area contributed by atoms with Crippen molar-refractivity contribution in [3.63, 3.8) is 0 Å². The molecule has 0 saturated heterocycles. The average molecular weight is 366 g/mol. The predicted octanol–water partition coefficient (Wildman–Crippen LogP) is 5.25. The fourth-order valence-corrected chi connectivity index (χ4v) is 3.32. The first-order valence-electron chi connectivity index (χ1n) is 9.69. The maximum atomic E-state index is 5.84. The molecule has 2 aromatic carbocycles. The molecule has 0 fully saturated rings. The Morgan fingerprint density at radius 3 is 2.59 bits per heavy atom. The Kier molecular flexibility index (Phi) is 5.91. The summed E-state index contributed by atoms with van der Waals surface area (Å²) in [5.41, 5.74) is 5.15. The predicted molar refractivity (Wildman–Crippen MR) is 114 cm³/mol.